The molecule has 0 aliphatic heterocycles. The van der Waals surface area contributed by atoms with Crippen molar-refractivity contribution in [3.63, 3.8) is 0 Å². The molecular formula is C33H46O4. The molecule has 0 saturated heterocycles. The summed E-state index contributed by atoms with van der Waals surface area (Å²) < 4.78 is 11.5. The van der Waals surface area contributed by atoms with Gasteiger partial charge in [0.2, 0.25) is 0 Å². The summed E-state index contributed by atoms with van der Waals surface area (Å²) in [5.74, 6) is -1.19. The maximum atomic E-state index is 13.3. The van der Waals surface area contributed by atoms with Gasteiger partial charge < -0.3 is 9.47 Å². The molecule has 0 saturated carbocycles. The molecule has 2 atom stereocenters. The molecule has 2 aromatic rings. The summed E-state index contributed by atoms with van der Waals surface area (Å²) in [6.45, 7) is 11.9. The van der Waals surface area contributed by atoms with E-state index in [2.05, 4.69) is 37.8 Å². The zero-order valence-electron chi connectivity index (χ0n) is 23.3. The molecule has 0 fully saturated rings. The molecular weight excluding hydrogens is 460 g/mol. The molecule has 2 aromatic carbocycles. The number of ether oxygens (including phenoxy) is 2. The van der Waals surface area contributed by atoms with Gasteiger partial charge >= 0.3 is 11.9 Å². The minimum absolute atomic E-state index is 0.226. The molecule has 0 aromatic heterocycles. The second-order valence-electron chi connectivity index (χ2n) is 10.9. The fourth-order valence-corrected chi connectivity index (χ4v) is 4.42. The average Bonchev–Trinajstić information content (AvgIpc) is 2.87. The number of benzene rings is 2. The molecule has 4 nitrogen and oxygen atoms in total. The van der Waals surface area contributed by atoms with Gasteiger partial charge in [-0.15, -0.1) is 6.58 Å². The van der Waals surface area contributed by atoms with Gasteiger partial charge in [0.25, 0.3) is 0 Å². The Morgan fingerprint density at radius 1 is 0.838 bits per heavy atom. The number of esters is 2. The standard InChI is InChI=1S/C33H46O4/c1-6-8-9-13-17-29(32(35)37-33(3,4)5)24-30(31(34)36-25-28-15-11-10-12-16-28)23-22-27-20-18-26(14-7-2)19-21-27/h6,10-12,15-16,18-21,29-30H,1,7-9,13-14,17,22-25H2,2-5H3/t29?,30-/m1/s1. The quantitative estimate of drug-likeness (QED) is 0.131. The van der Waals surface area contributed by atoms with Crippen LogP contribution < -0.4 is 0 Å². The Labute approximate surface area is 224 Å². The molecule has 0 spiro atoms. The third-order valence-corrected chi connectivity index (χ3v) is 6.42. The number of aryl methyl sites for hydroxylation is 2. The molecule has 37 heavy (non-hydrogen) atoms. The van der Waals surface area contributed by atoms with Crippen molar-refractivity contribution in [1.82, 2.24) is 0 Å². The highest BCUT2D eigenvalue weighted by Crippen LogP contribution is 2.27. The third-order valence-electron chi connectivity index (χ3n) is 6.42. The van der Waals surface area contributed by atoms with Crippen LogP contribution in [0.25, 0.3) is 0 Å². The van der Waals surface area contributed by atoms with Crippen molar-refractivity contribution in [3.05, 3.63) is 83.9 Å². The zero-order chi connectivity index (χ0) is 27.1. The van der Waals surface area contributed by atoms with Crippen LogP contribution in [-0.4, -0.2) is 17.5 Å². The first-order valence-electron chi connectivity index (χ1n) is 13.8. The molecule has 4 heteroatoms. The number of unbranched alkanes of at least 4 members (excludes halogenated alkanes) is 2. The van der Waals surface area contributed by atoms with Crippen molar-refractivity contribution in [1.29, 1.82) is 0 Å². The predicted octanol–water partition coefficient (Wildman–Crippen LogP) is 8.03. The second-order valence-corrected chi connectivity index (χ2v) is 10.9. The Morgan fingerprint density at radius 3 is 2.05 bits per heavy atom. The van der Waals surface area contributed by atoms with E-state index in [1.165, 1.54) is 11.1 Å². The molecule has 0 amide bonds. The monoisotopic (exact) mass is 506 g/mol. The first kappa shape index (κ1) is 30.3. The Kier molecular flexibility index (Phi) is 13.2. The van der Waals surface area contributed by atoms with Crippen molar-refractivity contribution in [3.8, 4) is 0 Å². The predicted molar refractivity (Wildman–Crippen MR) is 151 cm³/mol. The lowest BCUT2D eigenvalue weighted by atomic mass is 9.86. The van der Waals surface area contributed by atoms with Gasteiger partial charge in [-0.3, -0.25) is 9.59 Å². The van der Waals surface area contributed by atoms with Gasteiger partial charge in [-0.25, -0.2) is 0 Å². The number of rotatable bonds is 16. The van der Waals surface area contributed by atoms with Crippen LogP contribution >= 0.6 is 0 Å². The molecule has 1 unspecified atom stereocenters. The SMILES string of the molecule is C=CCCCCC(C[C@@H](CCc1ccc(CCC)cc1)C(=O)OCc1ccccc1)C(=O)OC(C)(C)C. The van der Waals surface area contributed by atoms with Crippen LogP contribution in [0.1, 0.15) is 89.3 Å². The lowest BCUT2D eigenvalue weighted by molar-refractivity contribution is -0.162. The van der Waals surface area contributed by atoms with E-state index < -0.39 is 5.60 Å². The van der Waals surface area contributed by atoms with E-state index in [1.54, 1.807) is 0 Å². The Hall–Kier alpha value is -2.88. The van der Waals surface area contributed by atoms with Crippen LogP contribution in [0.4, 0.5) is 0 Å². The second kappa shape index (κ2) is 16.1. The summed E-state index contributed by atoms with van der Waals surface area (Å²) in [7, 11) is 0. The van der Waals surface area contributed by atoms with E-state index in [1.807, 2.05) is 57.2 Å². The Morgan fingerprint density at radius 2 is 1.46 bits per heavy atom. The average molecular weight is 507 g/mol. The van der Waals surface area contributed by atoms with Crippen LogP contribution in [0.2, 0.25) is 0 Å². The normalized spacial score (nSPS) is 13.0. The van der Waals surface area contributed by atoms with Gasteiger partial charge in [0.05, 0.1) is 11.8 Å². The summed E-state index contributed by atoms with van der Waals surface area (Å²) in [5, 5.41) is 0. The van der Waals surface area contributed by atoms with Gasteiger partial charge in [-0.1, -0.05) is 80.4 Å². The summed E-state index contributed by atoms with van der Waals surface area (Å²) in [5.41, 5.74) is 2.91. The van der Waals surface area contributed by atoms with E-state index in [0.717, 1.165) is 44.1 Å². The van der Waals surface area contributed by atoms with Crippen LogP contribution in [0.15, 0.2) is 67.3 Å². The number of hydrogen-bond acceptors (Lipinski definition) is 4. The first-order chi connectivity index (χ1) is 17.7. The number of carbonyl (C=O) groups excluding carboxylic acids is 2. The molecule has 0 heterocycles. The molecule has 0 aliphatic carbocycles. The summed E-state index contributed by atoms with van der Waals surface area (Å²) in [6.07, 6.45) is 9.38. The molecule has 0 radical (unpaired) electrons. The van der Waals surface area contributed by atoms with Gasteiger partial charge in [0.1, 0.15) is 12.2 Å². The van der Waals surface area contributed by atoms with Crippen molar-refractivity contribution in [2.45, 2.75) is 97.7 Å². The number of carbonyl (C=O) groups is 2. The number of hydrogen-bond donors (Lipinski definition) is 0. The Balaban J connectivity index is 2.15. The highest BCUT2D eigenvalue weighted by molar-refractivity contribution is 5.76. The maximum Gasteiger partial charge on any atom is 0.309 e. The highest BCUT2D eigenvalue weighted by Gasteiger charge is 2.31. The molecule has 2 rings (SSSR count). The lowest BCUT2D eigenvalue weighted by Gasteiger charge is -2.26. The van der Waals surface area contributed by atoms with Gasteiger partial charge in [-0.2, -0.15) is 0 Å². The van der Waals surface area contributed by atoms with Crippen molar-refractivity contribution in [2.24, 2.45) is 11.8 Å². The minimum Gasteiger partial charge on any atom is -0.461 e. The van der Waals surface area contributed by atoms with Crippen molar-refractivity contribution < 1.29 is 19.1 Å². The van der Waals surface area contributed by atoms with Gasteiger partial charge in [0, 0.05) is 0 Å². The number of allylic oxidation sites excluding steroid dienone is 1. The Bertz CT molecular complexity index is 941. The fourth-order valence-electron chi connectivity index (χ4n) is 4.42. The van der Waals surface area contributed by atoms with Crippen LogP contribution in [0, 0.1) is 11.8 Å². The zero-order valence-corrected chi connectivity index (χ0v) is 23.3. The van der Waals surface area contributed by atoms with Crippen molar-refractivity contribution >= 4 is 11.9 Å². The van der Waals surface area contributed by atoms with Crippen LogP contribution in [-0.2, 0) is 38.5 Å². The molecule has 202 valence electrons. The minimum atomic E-state index is -0.569. The molecule has 0 N–H and O–H groups in total. The third kappa shape index (κ3) is 12.3. The molecule has 0 bridgehead atoms. The maximum absolute atomic E-state index is 13.3. The van der Waals surface area contributed by atoms with Crippen LogP contribution in [0.5, 0.6) is 0 Å². The van der Waals surface area contributed by atoms with E-state index in [-0.39, 0.29) is 30.4 Å². The van der Waals surface area contributed by atoms with Gasteiger partial charge in [-0.05, 0) is 82.4 Å². The molecule has 0 aliphatic rings. The van der Waals surface area contributed by atoms with E-state index in [9.17, 15) is 9.59 Å². The summed E-state index contributed by atoms with van der Waals surface area (Å²) >= 11 is 0. The largest absolute Gasteiger partial charge is 0.461 e. The summed E-state index contributed by atoms with van der Waals surface area (Å²) in [4.78, 5) is 26.4. The lowest BCUT2D eigenvalue weighted by Crippen LogP contribution is -2.31. The van der Waals surface area contributed by atoms with E-state index >= 15 is 0 Å². The van der Waals surface area contributed by atoms with E-state index in [4.69, 9.17) is 9.47 Å². The summed E-state index contributed by atoms with van der Waals surface area (Å²) in [6, 6.07) is 18.4. The van der Waals surface area contributed by atoms with Gasteiger partial charge in [0.15, 0.2) is 0 Å². The highest BCUT2D eigenvalue weighted by atomic mass is 16.6. The topological polar surface area (TPSA) is 52.6 Å². The van der Waals surface area contributed by atoms with Crippen molar-refractivity contribution in [2.75, 3.05) is 0 Å². The smallest absolute Gasteiger partial charge is 0.309 e. The first-order valence-corrected chi connectivity index (χ1v) is 13.8. The fraction of sp³-hybridized carbons (Fsp3) is 0.515. The van der Waals surface area contributed by atoms with E-state index in [0.29, 0.717) is 19.3 Å². The van der Waals surface area contributed by atoms with Crippen LogP contribution in [0.3, 0.4) is 0 Å².